The van der Waals surface area contributed by atoms with Gasteiger partial charge in [0.05, 0.1) is 18.7 Å². The first-order chi connectivity index (χ1) is 14.6. The van der Waals surface area contributed by atoms with E-state index in [9.17, 15) is 22.8 Å². The van der Waals surface area contributed by atoms with Crippen LogP contribution in [0, 0.1) is 0 Å². The highest BCUT2D eigenvalue weighted by Crippen LogP contribution is 2.38. The number of alkyl halides is 3. The summed E-state index contributed by atoms with van der Waals surface area (Å²) in [5.41, 5.74) is -1.26. The van der Waals surface area contributed by atoms with Crippen molar-refractivity contribution in [3.8, 4) is 0 Å². The molecule has 2 aliphatic rings. The first kappa shape index (κ1) is 21.1. The average molecular weight is 432 g/mol. The molecule has 3 heterocycles. The number of hydrogen-bond acceptors (Lipinski definition) is 4. The van der Waals surface area contributed by atoms with Crippen LogP contribution in [0.4, 0.5) is 19.0 Å². The van der Waals surface area contributed by atoms with Gasteiger partial charge in [-0.2, -0.15) is 13.2 Å². The molecule has 1 spiro atoms. The fourth-order valence-electron chi connectivity index (χ4n) is 4.16. The first-order valence-electron chi connectivity index (χ1n) is 10.1. The number of benzene rings is 1. The quantitative estimate of drug-likeness (QED) is 0.746. The van der Waals surface area contributed by atoms with Crippen molar-refractivity contribution in [1.29, 1.82) is 0 Å². The third kappa shape index (κ3) is 3.73. The molecule has 6 nitrogen and oxygen atoms in total. The number of halogens is 3. The maximum Gasteiger partial charge on any atom is 0.416 e. The number of aromatic nitrogens is 1. The lowest BCUT2D eigenvalue weighted by atomic mass is 9.82. The van der Waals surface area contributed by atoms with Crippen molar-refractivity contribution in [3.63, 3.8) is 0 Å². The number of pyridine rings is 1. The zero-order chi connectivity index (χ0) is 22.4. The second kappa shape index (κ2) is 7.55. The summed E-state index contributed by atoms with van der Waals surface area (Å²) >= 11 is 0. The molecule has 0 unspecified atom stereocenters. The Morgan fingerprint density at radius 3 is 2.29 bits per heavy atom. The predicted molar refractivity (Wildman–Crippen MR) is 108 cm³/mol. The van der Waals surface area contributed by atoms with E-state index in [0.29, 0.717) is 24.5 Å². The van der Waals surface area contributed by atoms with Gasteiger partial charge < -0.3 is 14.7 Å². The third-order valence-electron chi connectivity index (χ3n) is 5.91. The van der Waals surface area contributed by atoms with Crippen molar-refractivity contribution >= 4 is 17.6 Å². The highest BCUT2D eigenvalue weighted by atomic mass is 19.4. The van der Waals surface area contributed by atoms with E-state index in [0.717, 1.165) is 12.1 Å². The van der Waals surface area contributed by atoms with Crippen LogP contribution >= 0.6 is 0 Å². The van der Waals surface area contributed by atoms with E-state index in [2.05, 4.69) is 4.98 Å². The van der Waals surface area contributed by atoms with Gasteiger partial charge in [-0.05, 0) is 43.7 Å². The van der Waals surface area contributed by atoms with Crippen molar-refractivity contribution in [1.82, 2.24) is 14.8 Å². The second-order valence-electron chi connectivity index (χ2n) is 8.28. The van der Waals surface area contributed by atoms with Crippen molar-refractivity contribution in [2.45, 2.75) is 38.1 Å². The molecular weight excluding hydrogens is 409 g/mol. The molecule has 2 amide bonds. The number of anilines is 1. The summed E-state index contributed by atoms with van der Waals surface area (Å²) in [6, 6.07) is 10.1. The molecule has 2 fully saturated rings. The van der Waals surface area contributed by atoms with Gasteiger partial charge in [0, 0.05) is 18.8 Å². The van der Waals surface area contributed by atoms with E-state index in [1.165, 1.54) is 17.0 Å². The SMILES string of the molecule is CC(C)N1CC(=O)N(Cc2ccc(C(F)(F)F)cc2)C2(CN(c3ccccn3)C2)C1=O. The molecule has 31 heavy (non-hydrogen) atoms. The van der Waals surface area contributed by atoms with Crippen molar-refractivity contribution in [3.05, 3.63) is 59.8 Å². The van der Waals surface area contributed by atoms with E-state index < -0.39 is 17.3 Å². The highest BCUT2D eigenvalue weighted by Gasteiger charge is 2.60. The summed E-state index contributed by atoms with van der Waals surface area (Å²) < 4.78 is 38.6. The minimum absolute atomic E-state index is 0.0392. The highest BCUT2D eigenvalue weighted by molar-refractivity contribution is 6.00. The third-order valence-corrected chi connectivity index (χ3v) is 5.91. The van der Waals surface area contributed by atoms with Crippen LogP contribution in [0.2, 0.25) is 0 Å². The molecule has 0 aliphatic carbocycles. The lowest BCUT2D eigenvalue weighted by molar-refractivity contribution is -0.170. The number of piperazine rings is 1. The molecule has 2 aliphatic heterocycles. The predicted octanol–water partition coefficient (Wildman–Crippen LogP) is 2.94. The Balaban J connectivity index is 1.62. The molecule has 1 aromatic heterocycles. The van der Waals surface area contributed by atoms with Crippen molar-refractivity contribution < 1.29 is 22.8 Å². The molecule has 2 aromatic rings. The summed E-state index contributed by atoms with van der Waals surface area (Å²) in [6.07, 6.45) is -2.76. The topological polar surface area (TPSA) is 56.8 Å². The minimum Gasteiger partial charge on any atom is -0.351 e. The molecule has 9 heteroatoms. The van der Waals surface area contributed by atoms with E-state index in [1.54, 1.807) is 17.2 Å². The molecular formula is C22H23F3N4O2. The van der Waals surface area contributed by atoms with Gasteiger partial charge in [0.2, 0.25) is 5.91 Å². The molecule has 4 rings (SSSR count). The maximum atomic E-state index is 13.4. The average Bonchev–Trinajstić information content (AvgIpc) is 2.69. The van der Waals surface area contributed by atoms with Crippen LogP contribution in [0.5, 0.6) is 0 Å². The van der Waals surface area contributed by atoms with E-state index >= 15 is 0 Å². The van der Waals surface area contributed by atoms with Crippen LogP contribution in [-0.2, 0) is 22.3 Å². The lowest BCUT2D eigenvalue weighted by Crippen LogP contribution is -2.81. The number of nitrogens with zero attached hydrogens (tertiary/aromatic N) is 4. The first-order valence-corrected chi connectivity index (χ1v) is 10.1. The van der Waals surface area contributed by atoms with E-state index in [4.69, 9.17) is 0 Å². The summed E-state index contributed by atoms with van der Waals surface area (Å²) in [5, 5.41) is 0. The van der Waals surface area contributed by atoms with Gasteiger partial charge in [-0.3, -0.25) is 9.59 Å². The molecule has 0 bridgehead atoms. The molecule has 0 atom stereocenters. The van der Waals surface area contributed by atoms with Crippen LogP contribution in [0.25, 0.3) is 0 Å². The van der Waals surface area contributed by atoms with Gasteiger partial charge in [-0.15, -0.1) is 0 Å². The number of carbonyl (C=O) groups is 2. The van der Waals surface area contributed by atoms with E-state index in [-0.39, 0.29) is 30.9 Å². The number of rotatable bonds is 4. The normalized spacial score (nSPS) is 18.7. The molecule has 1 aromatic carbocycles. The Morgan fingerprint density at radius 1 is 1.06 bits per heavy atom. The zero-order valence-electron chi connectivity index (χ0n) is 17.3. The Morgan fingerprint density at radius 2 is 1.74 bits per heavy atom. The monoisotopic (exact) mass is 432 g/mol. The van der Waals surface area contributed by atoms with Crippen LogP contribution in [0.15, 0.2) is 48.7 Å². The lowest BCUT2D eigenvalue weighted by Gasteiger charge is -2.59. The molecule has 164 valence electrons. The van der Waals surface area contributed by atoms with E-state index in [1.807, 2.05) is 30.9 Å². The maximum absolute atomic E-state index is 13.4. The largest absolute Gasteiger partial charge is 0.416 e. The number of hydrogen-bond donors (Lipinski definition) is 0. The molecule has 2 saturated heterocycles. The summed E-state index contributed by atoms with van der Waals surface area (Å²) in [7, 11) is 0. The Hall–Kier alpha value is -3.10. The Kier molecular flexibility index (Phi) is 5.15. The summed E-state index contributed by atoms with van der Waals surface area (Å²) in [6.45, 7) is 4.34. The van der Waals surface area contributed by atoms with Gasteiger partial charge >= 0.3 is 6.18 Å². The Labute approximate surface area is 178 Å². The number of amides is 2. The van der Waals surface area contributed by atoms with Crippen LogP contribution in [0.1, 0.15) is 25.0 Å². The van der Waals surface area contributed by atoms with Crippen LogP contribution in [0.3, 0.4) is 0 Å². The molecule has 0 saturated carbocycles. The zero-order valence-corrected chi connectivity index (χ0v) is 17.3. The van der Waals surface area contributed by atoms with Crippen molar-refractivity contribution in [2.24, 2.45) is 0 Å². The van der Waals surface area contributed by atoms with Crippen molar-refractivity contribution in [2.75, 3.05) is 24.5 Å². The fourth-order valence-corrected chi connectivity index (χ4v) is 4.16. The summed E-state index contributed by atoms with van der Waals surface area (Å²) in [4.78, 5) is 35.8. The fraction of sp³-hybridized carbons (Fsp3) is 0.409. The summed E-state index contributed by atoms with van der Waals surface area (Å²) in [5.74, 6) is 0.361. The Bertz CT molecular complexity index is 971. The standard InChI is InChI=1S/C22H23F3N4O2/c1-15(2)28-12-19(30)29(11-16-6-8-17(9-7-16)22(23,24)25)21(20(28)31)13-27(14-21)18-5-3-4-10-26-18/h3-10,15H,11-14H2,1-2H3. The van der Waals surface area contributed by atoms with Gasteiger partial charge in [-0.1, -0.05) is 18.2 Å². The van der Waals surface area contributed by atoms with Gasteiger partial charge in [-0.25, -0.2) is 4.98 Å². The van der Waals surface area contributed by atoms with Gasteiger partial charge in [0.1, 0.15) is 12.4 Å². The molecule has 0 N–H and O–H groups in total. The number of carbonyl (C=O) groups excluding carboxylic acids is 2. The van der Waals surface area contributed by atoms with Crippen LogP contribution in [-0.4, -0.2) is 57.8 Å². The smallest absolute Gasteiger partial charge is 0.351 e. The minimum atomic E-state index is -4.43. The molecule has 0 radical (unpaired) electrons. The van der Waals surface area contributed by atoms with Gasteiger partial charge in [0.25, 0.3) is 5.91 Å². The van der Waals surface area contributed by atoms with Crippen LogP contribution < -0.4 is 4.90 Å². The second-order valence-corrected chi connectivity index (χ2v) is 8.28. The van der Waals surface area contributed by atoms with Gasteiger partial charge in [0.15, 0.2) is 5.54 Å².